The standard InChI is InChI=1S/C10H17IN2O/c1-7(2)13-5-9(11)10(12-13)6-14-8(3)4/h5,7-8H,6H2,1-4H3. The number of hydrogen-bond donors (Lipinski definition) is 0. The van der Waals surface area contributed by atoms with Crippen molar-refractivity contribution in [3.8, 4) is 0 Å². The van der Waals surface area contributed by atoms with Gasteiger partial charge < -0.3 is 4.74 Å². The van der Waals surface area contributed by atoms with Gasteiger partial charge in [0.1, 0.15) is 5.69 Å². The predicted molar refractivity (Wildman–Crippen MR) is 65.3 cm³/mol. The molecule has 1 heterocycles. The van der Waals surface area contributed by atoms with Crippen LogP contribution in [0.3, 0.4) is 0 Å². The normalized spacial score (nSPS) is 11.6. The van der Waals surface area contributed by atoms with Gasteiger partial charge in [0.25, 0.3) is 0 Å². The largest absolute Gasteiger partial charge is 0.372 e. The van der Waals surface area contributed by atoms with E-state index in [4.69, 9.17) is 4.74 Å². The average Bonchev–Trinajstić information content (AvgIpc) is 2.43. The molecule has 0 amide bonds. The van der Waals surface area contributed by atoms with Crippen LogP contribution < -0.4 is 0 Å². The monoisotopic (exact) mass is 308 g/mol. The minimum atomic E-state index is 0.259. The minimum Gasteiger partial charge on any atom is -0.372 e. The van der Waals surface area contributed by atoms with E-state index < -0.39 is 0 Å². The van der Waals surface area contributed by atoms with E-state index in [0.29, 0.717) is 12.6 Å². The molecule has 0 unspecified atom stereocenters. The molecule has 0 bridgehead atoms. The number of aromatic nitrogens is 2. The van der Waals surface area contributed by atoms with E-state index >= 15 is 0 Å². The van der Waals surface area contributed by atoms with Crippen LogP contribution in [0.2, 0.25) is 0 Å². The number of nitrogens with zero attached hydrogens (tertiary/aromatic N) is 2. The Kier molecular flexibility index (Phi) is 4.37. The quantitative estimate of drug-likeness (QED) is 0.800. The third kappa shape index (κ3) is 3.24. The molecular formula is C10H17IN2O. The second-order valence-electron chi connectivity index (χ2n) is 3.86. The summed E-state index contributed by atoms with van der Waals surface area (Å²) in [5.41, 5.74) is 1.04. The lowest BCUT2D eigenvalue weighted by Crippen LogP contribution is -2.05. The highest BCUT2D eigenvalue weighted by Crippen LogP contribution is 2.14. The maximum absolute atomic E-state index is 5.52. The summed E-state index contributed by atoms with van der Waals surface area (Å²) in [4.78, 5) is 0. The predicted octanol–water partition coefficient (Wildman–Crippen LogP) is 2.99. The molecule has 0 N–H and O–H groups in total. The topological polar surface area (TPSA) is 27.1 Å². The van der Waals surface area contributed by atoms with E-state index in [1.165, 1.54) is 3.57 Å². The first-order valence-corrected chi connectivity index (χ1v) is 5.93. The van der Waals surface area contributed by atoms with Crippen LogP contribution in [0.4, 0.5) is 0 Å². The van der Waals surface area contributed by atoms with E-state index in [2.05, 4.69) is 47.7 Å². The van der Waals surface area contributed by atoms with Crippen molar-refractivity contribution in [2.45, 2.75) is 46.4 Å². The van der Waals surface area contributed by atoms with Crippen molar-refractivity contribution < 1.29 is 4.74 Å². The number of hydrogen-bond acceptors (Lipinski definition) is 2. The Balaban J connectivity index is 2.67. The highest BCUT2D eigenvalue weighted by Gasteiger charge is 2.08. The van der Waals surface area contributed by atoms with Crippen molar-refractivity contribution in [1.82, 2.24) is 9.78 Å². The Morgan fingerprint density at radius 2 is 2.07 bits per heavy atom. The molecule has 1 aromatic heterocycles. The summed E-state index contributed by atoms with van der Waals surface area (Å²) in [7, 11) is 0. The molecule has 0 saturated carbocycles. The van der Waals surface area contributed by atoms with Gasteiger partial charge in [-0.1, -0.05) is 0 Å². The third-order valence-corrected chi connectivity index (χ3v) is 2.74. The molecule has 0 saturated heterocycles. The van der Waals surface area contributed by atoms with Gasteiger partial charge in [0, 0.05) is 12.2 Å². The molecule has 14 heavy (non-hydrogen) atoms. The van der Waals surface area contributed by atoms with Crippen molar-refractivity contribution in [3.63, 3.8) is 0 Å². The first-order chi connectivity index (χ1) is 6.50. The van der Waals surface area contributed by atoms with Gasteiger partial charge in [0.15, 0.2) is 0 Å². The van der Waals surface area contributed by atoms with Crippen molar-refractivity contribution in [1.29, 1.82) is 0 Å². The van der Waals surface area contributed by atoms with Crippen LogP contribution in [0.25, 0.3) is 0 Å². The Hall–Kier alpha value is -0.100. The molecule has 1 rings (SSSR count). The van der Waals surface area contributed by atoms with E-state index in [9.17, 15) is 0 Å². The molecule has 0 aromatic carbocycles. The second-order valence-corrected chi connectivity index (χ2v) is 5.02. The van der Waals surface area contributed by atoms with Gasteiger partial charge in [0.05, 0.1) is 16.3 Å². The van der Waals surface area contributed by atoms with Gasteiger partial charge >= 0.3 is 0 Å². The Morgan fingerprint density at radius 1 is 1.43 bits per heavy atom. The maximum atomic E-state index is 5.52. The fraction of sp³-hybridized carbons (Fsp3) is 0.700. The highest BCUT2D eigenvalue weighted by atomic mass is 127. The lowest BCUT2D eigenvalue weighted by molar-refractivity contribution is 0.0628. The fourth-order valence-corrected chi connectivity index (χ4v) is 1.56. The number of rotatable bonds is 4. The molecule has 0 radical (unpaired) electrons. The summed E-state index contributed by atoms with van der Waals surface area (Å²) in [6, 6.07) is 0.413. The molecule has 0 atom stereocenters. The van der Waals surface area contributed by atoms with Crippen molar-refractivity contribution in [2.75, 3.05) is 0 Å². The lowest BCUT2D eigenvalue weighted by Gasteiger charge is -2.06. The third-order valence-electron chi connectivity index (χ3n) is 1.84. The van der Waals surface area contributed by atoms with Crippen LogP contribution in [0, 0.1) is 3.57 Å². The average molecular weight is 308 g/mol. The second kappa shape index (κ2) is 5.11. The highest BCUT2D eigenvalue weighted by molar-refractivity contribution is 14.1. The summed E-state index contributed by atoms with van der Waals surface area (Å²) < 4.78 is 8.67. The van der Waals surface area contributed by atoms with E-state index in [-0.39, 0.29) is 6.10 Å². The molecule has 80 valence electrons. The molecule has 3 nitrogen and oxygen atoms in total. The van der Waals surface area contributed by atoms with E-state index in [1.54, 1.807) is 0 Å². The maximum Gasteiger partial charge on any atom is 0.101 e. The molecule has 0 spiro atoms. The smallest absolute Gasteiger partial charge is 0.101 e. The van der Waals surface area contributed by atoms with Gasteiger partial charge in [-0.25, -0.2) is 0 Å². The van der Waals surface area contributed by atoms with Gasteiger partial charge in [-0.3, -0.25) is 4.68 Å². The molecule has 0 aliphatic rings. The van der Waals surface area contributed by atoms with Crippen LogP contribution in [-0.2, 0) is 11.3 Å². The lowest BCUT2D eigenvalue weighted by atomic mass is 10.4. The number of halogens is 1. The van der Waals surface area contributed by atoms with Crippen LogP contribution >= 0.6 is 22.6 Å². The fourth-order valence-electron chi connectivity index (χ4n) is 1.01. The summed E-state index contributed by atoms with van der Waals surface area (Å²) in [6.45, 7) is 8.92. The van der Waals surface area contributed by atoms with Crippen molar-refractivity contribution >= 4 is 22.6 Å². The summed E-state index contributed by atoms with van der Waals surface area (Å²) >= 11 is 2.30. The molecule has 0 aliphatic carbocycles. The molecule has 4 heteroatoms. The summed E-state index contributed by atoms with van der Waals surface area (Å²) in [6.07, 6.45) is 2.32. The van der Waals surface area contributed by atoms with E-state index in [1.807, 2.05) is 18.5 Å². The van der Waals surface area contributed by atoms with Gasteiger partial charge in [-0.15, -0.1) is 0 Å². The SMILES string of the molecule is CC(C)OCc1nn(C(C)C)cc1I. The van der Waals surface area contributed by atoms with Crippen molar-refractivity contribution in [3.05, 3.63) is 15.5 Å². The number of ether oxygens (including phenoxy) is 1. The van der Waals surface area contributed by atoms with Gasteiger partial charge in [-0.2, -0.15) is 5.10 Å². The van der Waals surface area contributed by atoms with Gasteiger partial charge in [0.2, 0.25) is 0 Å². The van der Waals surface area contributed by atoms with Crippen molar-refractivity contribution in [2.24, 2.45) is 0 Å². The first kappa shape index (κ1) is 12.0. The zero-order valence-corrected chi connectivity index (χ0v) is 11.3. The Bertz CT molecular complexity index is 294. The molecule has 0 fully saturated rings. The molecule has 0 aliphatic heterocycles. The minimum absolute atomic E-state index is 0.259. The molecular weight excluding hydrogens is 291 g/mol. The first-order valence-electron chi connectivity index (χ1n) is 4.85. The van der Waals surface area contributed by atoms with Crippen LogP contribution in [0.15, 0.2) is 6.20 Å². The summed E-state index contributed by atoms with van der Waals surface area (Å²) in [5, 5.41) is 4.47. The van der Waals surface area contributed by atoms with Crippen LogP contribution in [-0.4, -0.2) is 15.9 Å². The Morgan fingerprint density at radius 3 is 2.50 bits per heavy atom. The van der Waals surface area contributed by atoms with Crippen LogP contribution in [0.1, 0.15) is 39.4 Å². The zero-order valence-electron chi connectivity index (χ0n) is 9.12. The molecule has 1 aromatic rings. The van der Waals surface area contributed by atoms with Crippen LogP contribution in [0.5, 0.6) is 0 Å². The van der Waals surface area contributed by atoms with Gasteiger partial charge in [-0.05, 0) is 50.3 Å². The zero-order chi connectivity index (χ0) is 10.7. The van der Waals surface area contributed by atoms with E-state index in [0.717, 1.165) is 5.69 Å². The Labute approximate surface area is 99.0 Å². The summed E-state index contributed by atoms with van der Waals surface area (Å²) in [5.74, 6) is 0.